The maximum absolute atomic E-state index is 12.4. The maximum Gasteiger partial charge on any atom is 0.270 e. The van der Waals surface area contributed by atoms with E-state index in [9.17, 15) is 4.79 Å². The van der Waals surface area contributed by atoms with Gasteiger partial charge in [0.25, 0.3) is 5.91 Å². The van der Waals surface area contributed by atoms with E-state index in [2.05, 4.69) is 20.5 Å². The highest BCUT2D eigenvalue weighted by molar-refractivity contribution is 7.12. The Labute approximate surface area is 121 Å². The minimum atomic E-state index is -0.142. The number of amides is 1. The Morgan fingerprint density at radius 3 is 3.05 bits per heavy atom. The van der Waals surface area contributed by atoms with Crippen molar-refractivity contribution in [2.24, 2.45) is 0 Å². The number of aryl methyl sites for hydroxylation is 1. The number of hydrogen-bond donors (Lipinski definition) is 1. The van der Waals surface area contributed by atoms with Crippen molar-refractivity contribution in [3.05, 3.63) is 21.9 Å². The first-order valence-corrected chi connectivity index (χ1v) is 7.71. The molecule has 0 bridgehead atoms. The van der Waals surface area contributed by atoms with Crippen molar-refractivity contribution < 1.29 is 4.79 Å². The molecule has 0 aliphatic carbocycles. The third-order valence-electron chi connectivity index (χ3n) is 3.43. The van der Waals surface area contributed by atoms with Crippen LogP contribution in [0.4, 0.5) is 5.95 Å². The highest BCUT2D eigenvalue weighted by Crippen LogP contribution is 2.23. The molecule has 3 rings (SSSR count). The van der Waals surface area contributed by atoms with Gasteiger partial charge in [-0.15, -0.1) is 21.5 Å². The summed E-state index contributed by atoms with van der Waals surface area (Å²) < 4.78 is 2.00. The van der Waals surface area contributed by atoms with Crippen LogP contribution in [0.15, 0.2) is 5.51 Å². The Morgan fingerprint density at radius 1 is 1.40 bits per heavy atom. The van der Waals surface area contributed by atoms with Gasteiger partial charge in [-0.1, -0.05) is 13.8 Å². The number of carbonyl (C=O) groups excluding carboxylic acids is 1. The highest BCUT2D eigenvalue weighted by atomic mass is 32.1. The van der Waals surface area contributed by atoms with Gasteiger partial charge in [0.15, 0.2) is 0 Å². The van der Waals surface area contributed by atoms with E-state index in [-0.39, 0.29) is 11.8 Å². The number of carbonyl (C=O) groups is 1. The molecule has 0 saturated carbocycles. The molecule has 0 unspecified atom stereocenters. The van der Waals surface area contributed by atoms with E-state index in [1.54, 1.807) is 5.51 Å². The molecule has 1 amide bonds. The zero-order valence-corrected chi connectivity index (χ0v) is 12.4. The van der Waals surface area contributed by atoms with Gasteiger partial charge in [0.2, 0.25) is 5.95 Å². The van der Waals surface area contributed by atoms with Crippen LogP contribution in [0.5, 0.6) is 0 Å². The second kappa shape index (κ2) is 5.32. The quantitative estimate of drug-likeness (QED) is 0.942. The molecule has 0 saturated heterocycles. The van der Waals surface area contributed by atoms with E-state index >= 15 is 0 Å². The van der Waals surface area contributed by atoms with Gasteiger partial charge in [-0.3, -0.25) is 14.7 Å². The summed E-state index contributed by atoms with van der Waals surface area (Å²) in [5.74, 6) is 1.60. The monoisotopic (exact) mass is 291 g/mol. The highest BCUT2D eigenvalue weighted by Gasteiger charge is 2.21. The molecule has 2 aromatic rings. The van der Waals surface area contributed by atoms with Crippen LogP contribution in [-0.2, 0) is 13.0 Å². The van der Waals surface area contributed by atoms with Crippen molar-refractivity contribution in [3.8, 4) is 0 Å². The summed E-state index contributed by atoms with van der Waals surface area (Å²) in [4.78, 5) is 17.3. The molecule has 0 fully saturated rings. The lowest BCUT2D eigenvalue weighted by atomic mass is 10.1. The molecule has 7 heteroatoms. The zero-order valence-electron chi connectivity index (χ0n) is 11.6. The number of nitrogens with zero attached hydrogens (tertiary/aromatic N) is 4. The van der Waals surface area contributed by atoms with Crippen LogP contribution < -0.4 is 5.32 Å². The Hall–Kier alpha value is -1.76. The van der Waals surface area contributed by atoms with Crippen LogP contribution in [0.3, 0.4) is 0 Å². The molecule has 0 aromatic carbocycles. The first-order valence-electron chi connectivity index (χ1n) is 6.83. The van der Waals surface area contributed by atoms with Gasteiger partial charge in [0.1, 0.15) is 10.7 Å². The molecular formula is C13H17N5OS. The molecule has 0 radical (unpaired) electrons. The molecule has 106 valence electrons. The van der Waals surface area contributed by atoms with Gasteiger partial charge in [0.05, 0.1) is 11.2 Å². The van der Waals surface area contributed by atoms with Gasteiger partial charge in [-0.2, -0.15) is 0 Å². The predicted molar refractivity (Wildman–Crippen MR) is 77.1 cm³/mol. The van der Waals surface area contributed by atoms with Crippen molar-refractivity contribution in [2.75, 3.05) is 5.32 Å². The summed E-state index contributed by atoms with van der Waals surface area (Å²) in [7, 11) is 0. The number of rotatable bonds is 3. The zero-order chi connectivity index (χ0) is 14.1. The first-order chi connectivity index (χ1) is 9.66. The predicted octanol–water partition coefficient (Wildman–Crippen LogP) is 2.45. The lowest BCUT2D eigenvalue weighted by Gasteiger charge is -2.14. The van der Waals surface area contributed by atoms with E-state index in [0.29, 0.717) is 10.8 Å². The second-order valence-corrected chi connectivity index (χ2v) is 6.08. The maximum atomic E-state index is 12.4. The molecule has 0 atom stereocenters. The van der Waals surface area contributed by atoms with Crippen LogP contribution in [0.1, 0.15) is 53.8 Å². The Bertz CT molecular complexity index is 630. The lowest BCUT2D eigenvalue weighted by molar-refractivity contribution is 0.102. The number of aromatic nitrogens is 4. The molecule has 6 nitrogen and oxygen atoms in total. The van der Waals surface area contributed by atoms with Crippen molar-refractivity contribution >= 4 is 23.2 Å². The summed E-state index contributed by atoms with van der Waals surface area (Å²) in [5.41, 5.74) is 2.55. The molecule has 1 aliphatic heterocycles. The normalized spacial score (nSPS) is 14.3. The van der Waals surface area contributed by atoms with Gasteiger partial charge >= 0.3 is 0 Å². The number of hydrogen-bond acceptors (Lipinski definition) is 5. The van der Waals surface area contributed by atoms with E-state index in [1.807, 2.05) is 18.4 Å². The lowest BCUT2D eigenvalue weighted by Crippen LogP contribution is -2.19. The third kappa shape index (κ3) is 2.33. The average Bonchev–Trinajstić information content (AvgIpc) is 3.06. The van der Waals surface area contributed by atoms with E-state index in [1.165, 1.54) is 11.3 Å². The van der Waals surface area contributed by atoms with Crippen molar-refractivity contribution in [1.29, 1.82) is 0 Å². The molecule has 2 aromatic heterocycles. The molecule has 3 heterocycles. The van der Waals surface area contributed by atoms with Crippen LogP contribution in [0, 0.1) is 0 Å². The summed E-state index contributed by atoms with van der Waals surface area (Å²) in [6.45, 7) is 4.94. The minimum absolute atomic E-state index is 0.142. The van der Waals surface area contributed by atoms with E-state index < -0.39 is 0 Å². The summed E-state index contributed by atoms with van der Waals surface area (Å²) >= 11 is 1.36. The van der Waals surface area contributed by atoms with Gasteiger partial charge in [-0.05, 0) is 18.8 Å². The fourth-order valence-corrected chi connectivity index (χ4v) is 3.23. The van der Waals surface area contributed by atoms with Crippen LogP contribution in [0.25, 0.3) is 0 Å². The van der Waals surface area contributed by atoms with Gasteiger partial charge in [-0.25, -0.2) is 4.98 Å². The molecule has 1 aliphatic rings. The number of thiazole rings is 1. The van der Waals surface area contributed by atoms with Crippen molar-refractivity contribution in [1.82, 2.24) is 19.7 Å². The van der Waals surface area contributed by atoms with Gasteiger partial charge < -0.3 is 0 Å². The largest absolute Gasteiger partial charge is 0.297 e. The van der Waals surface area contributed by atoms with Crippen LogP contribution >= 0.6 is 11.3 Å². The number of fused-ring (bicyclic) bond motifs is 1. The summed E-state index contributed by atoms with van der Waals surface area (Å²) in [6, 6.07) is 0. The van der Waals surface area contributed by atoms with Gasteiger partial charge in [0, 0.05) is 13.0 Å². The Kier molecular flexibility index (Phi) is 3.52. The third-order valence-corrected chi connectivity index (χ3v) is 4.27. The molecule has 1 N–H and O–H groups in total. The number of nitrogens with one attached hydrogen (secondary N) is 1. The van der Waals surface area contributed by atoms with Crippen LogP contribution in [-0.4, -0.2) is 25.7 Å². The fourth-order valence-electron chi connectivity index (χ4n) is 2.39. The minimum Gasteiger partial charge on any atom is -0.297 e. The average molecular weight is 291 g/mol. The van der Waals surface area contributed by atoms with Crippen molar-refractivity contribution in [3.63, 3.8) is 0 Å². The first kappa shape index (κ1) is 13.2. The standard InChI is InChI=1S/C13H17N5OS/c1-8(2)10-11(20-7-14-10)12(19)15-13-17-16-9-5-3-4-6-18(9)13/h7-8H,3-6H2,1-2H3,(H,15,17,19). The molecular weight excluding hydrogens is 274 g/mol. The van der Waals surface area contributed by atoms with Crippen molar-refractivity contribution in [2.45, 2.75) is 45.6 Å². The topological polar surface area (TPSA) is 72.7 Å². The van der Waals surface area contributed by atoms with E-state index in [4.69, 9.17) is 0 Å². The summed E-state index contributed by atoms with van der Waals surface area (Å²) in [6.07, 6.45) is 3.17. The second-order valence-electron chi connectivity index (χ2n) is 5.22. The molecule has 20 heavy (non-hydrogen) atoms. The van der Waals surface area contributed by atoms with E-state index in [0.717, 1.165) is 37.3 Å². The Balaban J connectivity index is 1.82. The van der Waals surface area contributed by atoms with Crippen LogP contribution in [0.2, 0.25) is 0 Å². The SMILES string of the molecule is CC(C)c1ncsc1C(=O)Nc1nnc2n1CCCC2. The number of anilines is 1. The Morgan fingerprint density at radius 2 is 2.25 bits per heavy atom. The molecule has 0 spiro atoms. The smallest absolute Gasteiger partial charge is 0.270 e. The fraction of sp³-hybridized carbons (Fsp3) is 0.538. The summed E-state index contributed by atoms with van der Waals surface area (Å²) in [5, 5.41) is 11.1.